The Balaban J connectivity index is 1.79. The molecule has 5 nitrogen and oxygen atoms in total. The number of amides is 2. The maximum atomic E-state index is 13.2. The highest BCUT2D eigenvalue weighted by atomic mass is 35.5. The van der Waals surface area contributed by atoms with Crippen molar-refractivity contribution >= 4 is 23.3 Å². The zero-order valence-corrected chi connectivity index (χ0v) is 18.4. The van der Waals surface area contributed by atoms with Gasteiger partial charge in [0.2, 0.25) is 0 Å². The summed E-state index contributed by atoms with van der Waals surface area (Å²) in [6.45, 7) is 5.35. The van der Waals surface area contributed by atoms with Gasteiger partial charge in [-0.1, -0.05) is 42.8 Å². The second kappa shape index (κ2) is 10.2. The summed E-state index contributed by atoms with van der Waals surface area (Å²) in [4.78, 5) is 15.0. The molecule has 1 heterocycles. The van der Waals surface area contributed by atoms with E-state index in [1.807, 2.05) is 59.6 Å². The van der Waals surface area contributed by atoms with E-state index in [9.17, 15) is 4.79 Å². The number of halogens is 1. The van der Waals surface area contributed by atoms with Gasteiger partial charge < -0.3 is 19.5 Å². The lowest BCUT2D eigenvalue weighted by atomic mass is 10.2. The summed E-state index contributed by atoms with van der Waals surface area (Å²) in [7, 11) is 1.60. The minimum Gasteiger partial charge on any atom is -0.495 e. The number of para-hydroxylation sites is 2. The lowest BCUT2D eigenvalue weighted by molar-refractivity contribution is 0.185. The van der Waals surface area contributed by atoms with Crippen LogP contribution in [0.25, 0.3) is 0 Å². The van der Waals surface area contributed by atoms with Crippen molar-refractivity contribution in [2.75, 3.05) is 12.4 Å². The SMILES string of the molecule is CCC(C)N(Cc1cccn1Cc1cccc(Cl)c1)C(=O)Nc1ccccc1OC. The number of ether oxygens (including phenoxy) is 1. The van der Waals surface area contributed by atoms with Gasteiger partial charge in [0.15, 0.2) is 0 Å². The van der Waals surface area contributed by atoms with Crippen LogP contribution in [0.3, 0.4) is 0 Å². The van der Waals surface area contributed by atoms with Crippen molar-refractivity contribution < 1.29 is 9.53 Å². The van der Waals surface area contributed by atoms with Crippen molar-refractivity contribution in [2.45, 2.75) is 39.4 Å². The molecule has 0 saturated carbocycles. The van der Waals surface area contributed by atoms with Crippen LogP contribution in [0, 0.1) is 0 Å². The number of benzene rings is 2. The van der Waals surface area contributed by atoms with Crippen LogP contribution in [0.15, 0.2) is 66.9 Å². The number of urea groups is 1. The van der Waals surface area contributed by atoms with Crippen molar-refractivity contribution in [2.24, 2.45) is 0 Å². The molecule has 1 atom stereocenters. The Bertz CT molecular complexity index is 986. The number of hydrogen-bond acceptors (Lipinski definition) is 2. The van der Waals surface area contributed by atoms with Gasteiger partial charge in [-0.2, -0.15) is 0 Å². The number of carbonyl (C=O) groups excluding carboxylic acids is 1. The number of methoxy groups -OCH3 is 1. The molecule has 0 saturated heterocycles. The standard InChI is InChI=1S/C24H28ClN3O2/c1-4-18(2)28(24(29)26-22-12-5-6-13-23(22)30-3)17-21-11-8-14-27(21)16-19-9-7-10-20(25)15-19/h5-15,18H,4,16-17H2,1-3H3,(H,26,29). The molecule has 1 N–H and O–H groups in total. The van der Waals surface area contributed by atoms with Crippen molar-refractivity contribution in [1.82, 2.24) is 9.47 Å². The monoisotopic (exact) mass is 425 g/mol. The zero-order valence-electron chi connectivity index (χ0n) is 17.6. The molecule has 0 aliphatic rings. The Labute approximate surface area is 183 Å². The normalized spacial score (nSPS) is 11.7. The van der Waals surface area contributed by atoms with Gasteiger partial charge in [-0.3, -0.25) is 0 Å². The largest absolute Gasteiger partial charge is 0.495 e. The second-order valence-corrected chi connectivity index (χ2v) is 7.71. The summed E-state index contributed by atoms with van der Waals surface area (Å²) in [6.07, 6.45) is 2.89. The van der Waals surface area contributed by atoms with E-state index in [-0.39, 0.29) is 12.1 Å². The minimum absolute atomic E-state index is 0.0780. The predicted octanol–water partition coefficient (Wildman–Crippen LogP) is 6.03. The Morgan fingerprint density at radius 1 is 1.17 bits per heavy atom. The highest BCUT2D eigenvalue weighted by molar-refractivity contribution is 6.30. The molecule has 0 aliphatic carbocycles. The molecular formula is C24H28ClN3O2. The molecular weight excluding hydrogens is 398 g/mol. The summed E-state index contributed by atoms with van der Waals surface area (Å²) < 4.78 is 7.52. The summed E-state index contributed by atoms with van der Waals surface area (Å²) >= 11 is 6.13. The Morgan fingerprint density at radius 3 is 2.70 bits per heavy atom. The average molecular weight is 426 g/mol. The first-order chi connectivity index (χ1) is 14.5. The van der Waals surface area contributed by atoms with E-state index in [2.05, 4.69) is 35.9 Å². The van der Waals surface area contributed by atoms with Gasteiger partial charge in [-0.15, -0.1) is 0 Å². The molecule has 0 aliphatic heterocycles. The molecule has 0 radical (unpaired) electrons. The fourth-order valence-corrected chi connectivity index (χ4v) is 3.55. The molecule has 158 valence electrons. The number of hydrogen-bond donors (Lipinski definition) is 1. The van der Waals surface area contributed by atoms with Crippen LogP contribution in [0.4, 0.5) is 10.5 Å². The molecule has 0 fully saturated rings. The topological polar surface area (TPSA) is 46.5 Å². The quantitative estimate of drug-likeness (QED) is 0.478. The van der Waals surface area contributed by atoms with Crippen LogP contribution in [0.2, 0.25) is 5.02 Å². The van der Waals surface area contributed by atoms with Crippen LogP contribution in [0.1, 0.15) is 31.5 Å². The van der Waals surface area contributed by atoms with Gasteiger partial charge in [0.05, 0.1) is 19.3 Å². The van der Waals surface area contributed by atoms with Gasteiger partial charge >= 0.3 is 6.03 Å². The van der Waals surface area contributed by atoms with Gasteiger partial charge in [0, 0.05) is 29.5 Å². The first-order valence-corrected chi connectivity index (χ1v) is 10.5. The smallest absolute Gasteiger partial charge is 0.322 e. The summed E-state index contributed by atoms with van der Waals surface area (Å²) in [5.74, 6) is 0.638. The number of rotatable bonds is 8. The molecule has 0 bridgehead atoms. The van der Waals surface area contributed by atoms with Crippen LogP contribution >= 0.6 is 11.6 Å². The molecule has 2 aromatic carbocycles. The van der Waals surface area contributed by atoms with Crippen molar-refractivity contribution in [3.63, 3.8) is 0 Å². The van der Waals surface area contributed by atoms with E-state index in [1.165, 1.54) is 0 Å². The average Bonchev–Trinajstić information content (AvgIpc) is 3.18. The highest BCUT2D eigenvalue weighted by Gasteiger charge is 2.21. The van der Waals surface area contributed by atoms with E-state index in [0.29, 0.717) is 24.5 Å². The van der Waals surface area contributed by atoms with E-state index in [4.69, 9.17) is 16.3 Å². The van der Waals surface area contributed by atoms with Crippen molar-refractivity contribution in [3.8, 4) is 5.75 Å². The Morgan fingerprint density at radius 2 is 1.97 bits per heavy atom. The Hall–Kier alpha value is -2.92. The van der Waals surface area contributed by atoms with E-state index in [0.717, 1.165) is 22.7 Å². The number of aromatic nitrogens is 1. The van der Waals surface area contributed by atoms with Crippen LogP contribution in [0.5, 0.6) is 5.75 Å². The fraction of sp³-hybridized carbons (Fsp3) is 0.292. The molecule has 30 heavy (non-hydrogen) atoms. The second-order valence-electron chi connectivity index (χ2n) is 7.27. The molecule has 3 aromatic rings. The molecule has 6 heteroatoms. The number of anilines is 1. The fourth-order valence-electron chi connectivity index (χ4n) is 3.34. The van der Waals surface area contributed by atoms with E-state index < -0.39 is 0 Å². The molecule has 2 amide bonds. The third-order valence-electron chi connectivity index (χ3n) is 5.23. The van der Waals surface area contributed by atoms with Gasteiger partial charge in [-0.05, 0) is 55.3 Å². The predicted molar refractivity (Wildman–Crippen MR) is 122 cm³/mol. The Kier molecular flexibility index (Phi) is 7.41. The highest BCUT2D eigenvalue weighted by Crippen LogP contribution is 2.24. The van der Waals surface area contributed by atoms with Gasteiger partial charge in [0.1, 0.15) is 5.75 Å². The van der Waals surface area contributed by atoms with Crippen molar-refractivity contribution in [3.05, 3.63) is 83.1 Å². The zero-order chi connectivity index (χ0) is 21.5. The van der Waals surface area contributed by atoms with E-state index in [1.54, 1.807) is 7.11 Å². The molecule has 1 unspecified atom stereocenters. The van der Waals surface area contributed by atoms with Gasteiger partial charge in [-0.25, -0.2) is 4.79 Å². The lowest BCUT2D eigenvalue weighted by Crippen LogP contribution is -2.41. The molecule has 0 spiro atoms. The first kappa shape index (κ1) is 21.8. The van der Waals surface area contributed by atoms with Crippen molar-refractivity contribution in [1.29, 1.82) is 0 Å². The maximum Gasteiger partial charge on any atom is 0.322 e. The number of carbonyl (C=O) groups is 1. The third kappa shape index (κ3) is 5.36. The molecule has 1 aromatic heterocycles. The summed E-state index contributed by atoms with van der Waals surface area (Å²) in [6, 6.07) is 19.3. The minimum atomic E-state index is -0.149. The number of nitrogens with zero attached hydrogens (tertiary/aromatic N) is 2. The number of nitrogens with one attached hydrogen (secondary N) is 1. The van der Waals surface area contributed by atoms with E-state index >= 15 is 0 Å². The lowest BCUT2D eigenvalue weighted by Gasteiger charge is -2.29. The first-order valence-electron chi connectivity index (χ1n) is 10.1. The summed E-state index contributed by atoms with van der Waals surface area (Å²) in [5.41, 5.74) is 2.84. The van der Waals surface area contributed by atoms with Crippen LogP contribution < -0.4 is 10.1 Å². The van der Waals surface area contributed by atoms with Crippen LogP contribution in [-0.2, 0) is 13.1 Å². The van der Waals surface area contributed by atoms with Gasteiger partial charge in [0.25, 0.3) is 0 Å². The van der Waals surface area contributed by atoms with Crippen LogP contribution in [-0.4, -0.2) is 28.6 Å². The summed E-state index contributed by atoms with van der Waals surface area (Å²) in [5, 5.41) is 3.72. The maximum absolute atomic E-state index is 13.2. The molecule has 3 rings (SSSR count). The third-order valence-corrected chi connectivity index (χ3v) is 5.47.